The van der Waals surface area contributed by atoms with Crippen LogP contribution in [0.4, 0.5) is 20.2 Å². The van der Waals surface area contributed by atoms with Crippen LogP contribution in [-0.2, 0) is 0 Å². The molecule has 1 aromatic carbocycles. The fourth-order valence-corrected chi connectivity index (χ4v) is 2.85. The number of nitriles is 1. The van der Waals surface area contributed by atoms with Gasteiger partial charge in [-0.1, -0.05) is 0 Å². The maximum atomic E-state index is 14.1. The van der Waals surface area contributed by atoms with Crippen LogP contribution >= 0.6 is 0 Å². The summed E-state index contributed by atoms with van der Waals surface area (Å²) in [5.74, 6) is -3.02. The van der Waals surface area contributed by atoms with E-state index in [2.05, 4.69) is 10.3 Å². The first-order chi connectivity index (χ1) is 11.3. The number of hydrogen-bond donors (Lipinski definition) is 1. The number of halogens is 2. The van der Waals surface area contributed by atoms with E-state index in [4.69, 9.17) is 5.26 Å². The first-order valence-corrected chi connectivity index (χ1v) is 7.12. The molecule has 1 aliphatic rings. The summed E-state index contributed by atoms with van der Waals surface area (Å²) in [5, 5.41) is 23.2. The number of alkyl halides is 2. The summed E-state index contributed by atoms with van der Waals surface area (Å²) in [6.45, 7) is -0.378. The molecule has 1 aliphatic heterocycles. The minimum atomic E-state index is -3.02. The van der Waals surface area contributed by atoms with Gasteiger partial charge in [-0.25, -0.2) is 13.8 Å². The summed E-state index contributed by atoms with van der Waals surface area (Å²) in [6.07, 6.45) is 1.04. The van der Waals surface area contributed by atoms with Crippen LogP contribution in [0, 0.1) is 21.4 Å². The molecule has 0 saturated carbocycles. The lowest BCUT2D eigenvalue weighted by Gasteiger charge is -2.21. The number of anilines is 1. The Labute approximate surface area is 135 Å². The van der Waals surface area contributed by atoms with E-state index in [9.17, 15) is 18.9 Å². The van der Waals surface area contributed by atoms with Crippen LogP contribution in [0.15, 0.2) is 24.4 Å². The van der Waals surface area contributed by atoms with Crippen molar-refractivity contribution in [2.75, 3.05) is 25.5 Å². The topological polar surface area (TPSA) is 95.1 Å². The van der Waals surface area contributed by atoms with Crippen LogP contribution in [0.5, 0.6) is 0 Å². The first kappa shape index (κ1) is 16.0. The van der Waals surface area contributed by atoms with Crippen molar-refractivity contribution in [3.8, 4) is 6.07 Å². The predicted molar refractivity (Wildman–Crippen MR) is 83.0 cm³/mol. The van der Waals surface area contributed by atoms with E-state index in [1.165, 1.54) is 23.1 Å². The van der Waals surface area contributed by atoms with E-state index in [0.717, 1.165) is 6.20 Å². The molecule has 1 unspecified atom stereocenters. The van der Waals surface area contributed by atoms with Crippen molar-refractivity contribution in [2.45, 2.75) is 12.0 Å². The minimum absolute atomic E-state index is 0.0397. The van der Waals surface area contributed by atoms with Gasteiger partial charge in [-0.2, -0.15) is 5.26 Å². The number of likely N-dealkylation sites (N-methyl/N-ethyl adjacent to an activating group) is 1. The van der Waals surface area contributed by atoms with Gasteiger partial charge in [-0.15, -0.1) is 0 Å². The molecule has 0 bridgehead atoms. The van der Waals surface area contributed by atoms with E-state index in [1.807, 2.05) is 6.07 Å². The maximum absolute atomic E-state index is 14.1. The average molecular weight is 333 g/mol. The highest BCUT2D eigenvalue weighted by Crippen LogP contribution is 2.36. The Balaban J connectivity index is 2.15. The lowest BCUT2D eigenvalue weighted by Crippen LogP contribution is -2.38. The van der Waals surface area contributed by atoms with Crippen LogP contribution in [0.2, 0.25) is 0 Å². The smallest absolute Gasteiger partial charge is 0.311 e. The van der Waals surface area contributed by atoms with Crippen LogP contribution < -0.4 is 5.32 Å². The van der Waals surface area contributed by atoms with Gasteiger partial charge in [-0.05, 0) is 25.2 Å². The lowest BCUT2D eigenvalue weighted by atomic mass is 10.1. The van der Waals surface area contributed by atoms with Crippen LogP contribution in [-0.4, -0.2) is 46.9 Å². The third-order valence-electron chi connectivity index (χ3n) is 3.98. The van der Waals surface area contributed by atoms with E-state index < -0.39 is 29.1 Å². The fourth-order valence-electron chi connectivity index (χ4n) is 2.85. The molecule has 9 heteroatoms. The molecule has 1 aromatic heterocycles. The number of nitrogens with one attached hydrogen (secondary N) is 1. The van der Waals surface area contributed by atoms with Gasteiger partial charge in [0.1, 0.15) is 17.9 Å². The summed E-state index contributed by atoms with van der Waals surface area (Å²) in [5.41, 5.74) is 0.213. The normalized spacial score (nSPS) is 20.0. The molecule has 0 radical (unpaired) electrons. The number of aromatic nitrogens is 1. The van der Waals surface area contributed by atoms with Gasteiger partial charge in [0.25, 0.3) is 5.92 Å². The zero-order valence-electron chi connectivity index (χ0n) is 12.7. The Morgan fingerprint density at radius 2 is 2.29 bits per heavy atom. The number of rotatable bonds is 3. The number of hydrogen-bond acceptors (Lipinski definition) is 6. The zero-order chi connectivity index (χ0) is 17.5. The van der Waals surface area contributed by atoms with Crippen molar-refractivity contribution in [1.29, 1.82) is 5.26 Å². The Morgan fingerprint density at radius 1 is 1.54 bits per heavy atom. The number of fused-ring (bicyclic) bond motifs is 1. The summed E-state index contributed by atoms with van der Waals surface area (Å²) in [7, 11) is 1.56. The third-order valence-corrected chi connectivity index (χ3v) is 3.98. The molecule has 0 aliphatic carbocycles. The minimum Gasteiger partial charge on any atom is -0.369 e. The molecular formula is C15H13F2N5O2. The van der Waals surface area contributed by atoms with E-state index in [1.54, 1.807) is 7.05 Å². The summed E-state index contributed by atoms with van der Waals surface area (Å²) in [6, 6.07) is 5.12. The highest BCUT2D eigenvalue weighted by Gasteiger charge is 2.47. The Hall–Kier alpha value is -2.86. The number of pyridine rings is 1. The molecule has 1 fully saturated rings. The van der Waals surface area contributed by atoms with E-state index >= 15 is 0 Å². The van der Waals surface area contributed by atoms with Gasteiger partial charge in [0, 0.05) is 11.9 Å². The van der Waals surface area contributed by atoms with Crippen molar-refractivity contribution >= 4 is 22.3 Å². The third kappa shape index (κ3) is 2.72. The number of nitro groups is 1. The second-order valence-electron chi connectivity index (χ2n) is 5.77. The van der Waals surface area contributed by atoms with E-state index in [0.29, 0.717) is 5.52 Å². The predicted octanol–water partition coefficient (Wildman–Crippen LogP) is 2.38. The van der Waals surface area contributed by atoms with Crippen molar-refractivity contribution < 1.29 is 13.7 Å². The molecule has 1 saturated heterocycles. The quantitative estimate of drug-likeness (QED) is 0.684. The first-order valence-electron chi connectivity index (χ1n) is 7.12. The SMILES string of the molecule is CN1CC(Nc2c([N+](=O)[O-])cnc3ccc(C#N)cc23)C(F)(F)C1. The monoisotopic (exact) mass is 333 g/mol. The Bertz CT molecular complexity index is 865. The zero-order valence-corrected chi connectivity index (χ0v) is 12.7. The molecule has 2 heterocycles. The molecule has 1 atom stereocenters. The molecular weight excluding hydrogens is 320 g/mol. The molecule has 124 valence electrons. The number of likely N-dealkylation sites (tertiary alicyclic amines) is 1. The molecule has 0 amide bonds. The van der Waals surface area contributed by atoms with Crippen molar-refractivity contribution in [3.63, 3.8) is 0 Å². The molecule has 2 aromatic rings. The average Bonchev–Trinajstić information content (AvgIpc) is 2.78. The van der Waals surface area contributed by atoms with Gasteiger partial charge in [-0.3, -0.25) is 15.0 Å². The lowest BCUT2D eigenvalue weighted by molar-refractivity contribution is -0.384. The van der Waals surface area contributed by atoms with Gasteiger partial charge in [0.15, 0.2) is 0 Å². The molecule has 1 N–H and O–H groups in total. The van der Waals surface area contributed by atoms with Crippen LogP contribution in [0.1, 0.15) is 5.56 Å². The Kier molecular flexibility index (Phi) is 3.77. The van der Waals surface area contributed by atoms with Gasteiger partial charge < -0.3 is 5.32 Å². The highest BCUT2D eigenvalue weighted by molar-refractivity contribution is 5.96. The summed E-state index contributed by atoms with van der Waals surface area (Å²) < 4.78 is 28.2. The number of nitrogens with zero attached hydrogens (tertiary/aromatic N) is 4. The van der Waals surface area contributed by atoms with Gasteiger partial charge >= 0.3 is 5.69 Å². The Morgan fingerprint density at radius 3 is 2.88 bits per heavy atom. The number of benzene rings is 1. The van der Waals surface area contributed by atoms with Crippen molar-refractivity contribution in [2.24, 2.45) is 0 Å². The highest BCUT2D eigenvalue weighted by atomic mass is 19.3. The molecule has 3 rings (SSSR count). The largest absolute Gasteiger partial charge is 0.369 e. The van der Waals surface area contributed by atoms with Crippen molar-refractivity contribution in [3.05, 3.63) is 40.1 Å². The van der Waals surface area contributed by atoms with Gasteiger partial charge in [0.2, 0.25) is 0 Å². The fraction of sp³-hybridized carbons (Fsp3) is 0.333. The van der Waals surface area contributed by atoms with Gasteiger partial charge in [0.05, 0.1) is 28.6 Å². The van der Waals surface area contributed by atoms with Crippen LogP contribution in [0.25, 0.3) is 10.9 Å². The molecule has 0 spiro atoms. The second-order valence-corrected chi connectivity index (χ2v) is 5.77. The summed E-state index contributed by atoms with van der Waals surface area (Å²) >= 11 is 0. The maximum Gasteiger partial charge on any atom is 0.311 e. The van der Waals surface area contributed by atoms with Crippen molar-refractivity contribution in [1.82, 2.24) is 9.88 Å². The summed E-state index contributed by atoms with van der Waals surface area (Å²) in [4.78, 5) is 16.0. The standard InChI is InChI=1S/C15H13F2N5O2/c1-21-7-13(15(16,17)8-21)20-14-10-4-9(5-18)2-3-11(10)19-6-12(14)22(23)24/h2-4,6,13H,7-8H2,1H3,(H,19,20). The van der Waals surface area contributed by atoms with Crippen LogP contribution in [0.3, 0.4) is 0 Å². The second kappa shape index (κ2) is 5.65. The molecule has 7 nitrogen and oxygen atoms in total. The molecule has 24 heavy (non-hydrogen) atoms. The van der Waals surface area contributed by atoms with E-state index in [-0.39, 0.29) is 23.2 Å².